The van der Waals surface area contributed by atoms with Crippen molar-refractivity contribution in [1.29, 1.82) is 0 Å². The number of anilines is 1. The SMILES string of the molecule is Cc1nc(NN)c2c(n1)sc1ccccc12. The van der Waals surface area contributed by atoms with Crippen LogP contribution in [0.15, 0.2) is 24.3 Å². The molecule has 4 nitrogen and oxygen atoms in total. The molecule has 2 heterocycles. The van der Waals surface area contributed by atoms with Gasteiger partial charge in [-0.05, 0) is 13.0 Å². The van der Waals surface area contributed by atoms with Gasteiger partial charge in [0.1, 0.15) is 10.7 Å². The van der Waals surface area contributed by atoms with Crippen LogP contribution in [0.1, 0.15) is 5.82 Å². The summed E-state index contributed by atoms with van der Waals surface area (Å²) in [6.07, 6.45) is 0. The van der Waals surface area contributed by atoms with Gasteiger partial charge in [-0.1, -0.05) is 18.2 Å². The Bertz CT molecular complexity index is 674. The molecule has 5 heteroatoms. The highest BCUT2D eigenvalue weighted by molar-refractivity contribution is 7.25. The van der Waals surface area contributed by atoms with Crippen LogP contribution < -0.4 is 11.3 Å². The first-order chi connectivity index (χ1) is 7.79. The lowest BCUT2D eigenvalue weighted by atomic mass is 10.2. The van der Waals surface area contributed by atoms with Crippen LogP contribution in [0, 0.1) is 6.92 Å². The van der Waals surface area contributed by atoms with Gasteiger partial charge >= 0.3 is 0 Å². The third kappa shape index (κ3) is 1.26. The van der Waals surface area contributed by atoms with Crippen molar-refractivity contribution in [3.63, 3.8) is 0 Å². The van der Waals surface area contributed by atoms with Crippen LogP contribution in [0.5, 0.6) is 0 Å². The quantitative estimate of drug-likeness (QED) is 0.498. The standard InChI is InChI=1S/C11H10N4S/c1-6-13-10(15-12)9-7-4-2-3-5-8(7)16-11(9)14-6/h2-5H,12H2,1H3,(H,13,14,15). The summed E-state index contributed by atoms with van der Waals surface area (Å²) < 4.78 is 1.20. The maximum absolute atomic E-state index is 5.50. The molecule has 3 rings (SSSR count). The second kappa shape index (κ2) is 3.40. The number of nitrogens with two attached hydrogens (primary N) is 1. The fraction of sp³-hybridized carbons (Fsp3) is 0.0909. The number of nitrogens with one attached hydrogen (secondary N) is 1. The van der Waals surface area contributed by atoms with Gasteiger partial charge in [-0.15, -0.1) is 11.3 Å². The number of hydrazine groups is 1. The second-order valence-corrected chi connectivity index (χ2v) is 4.57. The van der Waals surface area contributed by atoms with E-state index >= 15 is 0 Å². The Balaban J connectivity index is 2.55. The summed E-state index contributed by atoms with van der Waals surface area (Å²) in [7, 11) is 0. The molecule has 0 bridgehead atoms. The van der Waals surface area contributed by atoms with Gasteiger partial charge < -0.3 is 5.43 Å². The zero-order chi connectivity index (χ0) is 11.1. The number of hydrogen-bond donors (Lipinski definition) is 2. The van der Waals surface area contributed by atoms with Crippen molar-refractivity contribution >= 4 is 37.5 Å². The van der Waals surface area contributed by atoms with Crippen LogP contribution in [0.2, 0.25) is 0 Å². The molecule has 2 aromatic heterocycles. The number of fused-ring (bicyclic) bond motifs is 3. The highest BCUT2D eigenvalue weighted by Gasteiger charge is 2.11. The molecule has 3 aromatic rings. The van der Waals surface area contributed by atoms with Crippen molar-refractivity contribution < 1.29 is 0 Å². The Labute approximate surface area is 96.1 Å². The number of aryl methyl sites for hydroxylation is 1. The molecule has 3 N–H and O–H groups in total. The lowest BCUT2D eigenvalue weighted by Gasteiger charge is -2.02. The highest BCUT2D eigenvalue weighted by atomic mass is 32.1. The minimum absolute atomic E-state index is 0.694. The van der Waals surface area contributed by atoms with Crippen molar-refractivity contribution in [2.24, 2.45) is 5.84 Å². The fourth-order valence-electron chi connectivity index (χ4n) is 1.83. The second-order valence-electron chi connectivity index (χ2n) is 3.54. The van der Waals surface area contributed by atoms with E-state index in [2.05, 4.69) is 27.5 Å². The van der Waals surface area contributed by atoms with E-state index < -0.39 is 0 Å². The van der Waals surface area contributed by atoms with E-state index in [1.807, 2.05) is 19.1 Å². The van der Waals surface area contributed by atoms with Crippen molar-refractivity contribution in [2.45, 2.75) is 6.92 Å². The average Bonchev–Trinajstić information content (AvgIpc) is 2.65. The van der Waals surface area contributed by atoms with E-state index in [1.54, 1.807) is 11.3 Å². The predicted molar refractivity (Wildman–Crippen MR) is 67.5 cm³/mol. The first-order valence-corrected chi connectivity index (χ1v) is 5.74. The Morgan fingerprint density at radius 1 is 1.25 bits per heavy atom. The number of hydrogen-bond acceptors (Lipinski definition) is 5. The number of rotatable bonds is 1. The zero-order valence-corrected chi connectivity index (χ0v) is 9.51. The van der Waals surface area contributed by atoms with Gasteiger partial charge in [-0.2, -0.15) is 0 Å². The third-order valence-corrected chi connectivity index (χ3v) is 3.55. The molecule has 0 spiro atoms. The Hall–Kier alpha value is -1.72. The molecule has 1 aromatic carbocycles. The van der Waals surface area contributed by atoms with Gasteiger partial charge in [0.25, 0.3) is 0 Å². The Kier molecular flexibility index (Phi) is 2.02. The summed E-state index contributed by atoms with van der Waals surface area (Å²) in [5.74, 6) is 6.92. The van der Waals surface area contributed by atoms with Crippen LogP contribution in [0.3, 0.4) is 0 Å². The molecule has 0 saturated carbocycles. The summed E-state index contributed by atoms with van der Waals surface area (Å²) in [4.78, 5) is 9.71. The van der Waals surface area contributed by atoms with Crippen molar-refractivity contribution in [3.05, 3.63) is 30.1 Å². The van der Waals surface area contributed by atoms with E-state index in [0.717, 1.165) is 21.4 Å². The van der Waals surface area contributed by atoms with E-state index in [4.69, 9.17) is 5.84 Å². The molecule has 0 fully saturated rings. The van der Waals surface area contributed by atoms with E-state index in [9.17, 15) is 0 Å². The fourth-order valence-corrected chi connectivity index (χ4v) is 2.96. The molecule has 0 radical (unpaired) electrons. The van der Waals surface area contributed by atoms with Gasteiger partial charge in [-0.25, -0.2) is 15.8 Å². The van der Waals surface area contributed by atoms with E-state index in [-0.39, 0.29) is 0 Å². The van der Waals surface area contributed by atoms with Crippen LogP contribution in [0.4, 0.5) is 5.82 Å². The van der Waals surface area contributed by atoms with Crippen LogP contribution in [-0.4, -0.2) is 9.97 Å². The lowest BCUT2D eigenvalue weighted by Crippen LogP contribution is -2.09. The molecule has 0 amide bonds. The monoisotopic (exact) mass is 230 g/mol. The summed E-state index contributed by atoms with van der Waals surface area (Å²) in [6.45, 7) is 1.87. The topological polar surface area (TPSA) is 63.8 Å². The predicted octanol–water partition coefficient (Wildman–Crippen LogP) is 2.44. The molecule has 0 aliphatic rings. The normalized spacial score (nSPS) is 11.1. The summed E-state index contributed by atoms with van der Waals surface area (Å²) >= 11 is 1.66. The van der Waals surface area contributed by atoms with Gasteiger partial charge in [0, 0.05) is 10.1 Å². The Morgan fingerprint density at radius 3 is 2.88 bits per heavy atom. The van der Waals surface area contributed by atoms with E-state index in [1.165, 1.54) is 4.70 Å². The molecule has 0 unspecified atom stereocenters. The number of aromatic nitrogens is 2. The largest absolute Gasteiger partial charge is 0.308 e. The van der Waals surface area contributed by atoms with Crippen LogP contribution >= 0.6 is 11.3 Å². The number of thiophene rings is 1. The molecular formula is C11H10N4S. The number of nitrogen functional groups attached to an aromatic ring is 1. The average molecular weight is 230 g/mol. The third-order valence-electron chi connectivity index (χ3n) is 2.49. The summed E-state index contributed by atoms with van der Waals surface area (Å²) in [6, 6.07) is 8.17. The highest BCUT2D eigenvalue weighted by Crippen LogP contribution is 2.35. The lowest BCUT2D eigenvalue weighted by molar-refractivity contribution is 1.09. The minimum Gasteiger partial charge on any atom is -0.308 e. The van der Waals surface area contributed by atoms with Gasteiger partial charge in [0.15, 0.2) is 5.82 Å². The first kappa shape index (κ1) is 9.50. The van der Waals surface area contributed by atoms with Gasteiger partial charge in [-0.3, -0.25) is 0 Å². The maximum atomic E-state index is 5.50. The minimum atomic E-state index is 0.694. The van der Waals surface area contributed by atoms with Crippen LogP contribution in [-0.2, 0) is 0 Å². The van der Waals surface area contributed by atoms with Gasteiger partial charge in [0.2, 0.25) is 0 Å². The summed E-state index contributed by atoms with van der Waals surface area (Å²) in [5.41, 5.74) is 2.64. The number of nitrogens with zero attached hydrogens (tertiary/aromatic N) is 2. The van der Waals surface area contributed by atoms with Crippen molar-refractivity contribution in [3.8, 4) is 0 Å². The summed E-state index contributed by atoms with van der Waals surface area (Å²) in [5, 5.41) is 2.16. The number of benzene rings is 1. The molecule has 0 saturated heterocycles. The molecular weight excluding hydrogens is 220 g/mol. The molecule has 0 atom stereocenters. The van der Waals surface area contributed by atoms with Crippen LogP contribution in [0.25, 0.3) is 20.3 Å². The van der Waals surface area contributed by atoms with Crippen molar-refractivity contribution in [2.75, 3.05) is 5.43 Å². The Morgan fingerprint density at radius 2 is 2.06 bits per heavy atom. The molecule has 0 aliphatic heterocycles. The smallest absolute Gasteiger partial charge is 0.153 e. The van der Waals surface area contributed by atoms with Crippen molar-refractivity contribution in [1.82, 2.24) is 9.97 Å². The van der Waals surface area contributed by atoms with Gasteiger partial charge in [0.05, 0.1) is 5.39 Å². The molecule has 0 aliphatic carbocycles. The molecule has 16 heavy (non-hydrogen) atoms. The first-order valence-electron chi connectivity index (χ1n) is 4.92. The molecule has 80 valence electrons. The maximum Gasteiger partial charge on any atom is 0.153 e. The zero-order valence-electron chi connectivity index (χ0n) is 8.69. The van der Waals surface area contributed by atoms with E-state index in [0.29, 0.717) is 5.82 Å².